The standard InChI is InChI=1S/C13H16O/c1-4-9-13(2,3)12-7-5-11(10-14)6-8-12/h4-8,10H,1,9H2,2-3H3. The third-order valence-corrected chi connectivity index (χ3v) is 2.48. The van der Waals surface area contributed by atoms with Crippen LogP contribution in [0.1, 0.15) is 36.2 Å². The molecule has 0 atom stereocenters. The van der Waals surface area contributed by atoms with Crippen LogP contribution in [0.3, 0.4) is 0 Å². The lowest BCUT2D eigenvalue weighted by molar-refractivity contribution is 0.112. The van der Waals surface area contributed by atoms with E-state index in [1.54, 1.807) is 0 Å². The number of hydrogen-bond acceptors (Lipinski definition) is 1. The number of carbonyl (C=O) groups excluding carboxylic acids is 1. The topological polar surface area (TPSA) is 17.1 Å². The summed E-state index contributed by atoms with van der Waals surface area (Å²) in [7, 11) is 0. The van der Waals surface area contributed by atoms with Crippen LogP contribution in [-0.4, -0.2) is 6.29 Å². The lowest BCUT2D eigenvalue weighted by Crippen LogP contribution is -2.15. The monoisotopic (exact) mass is 188 g/mol. The highest BCUT2D eigenvalue weighted by atomic mass is 16.1. The molecule has 0 N–H and O–H groups in total. The van der Waals surface area contributed by atoms with Crippen molar-refractivity contribution in [3.05, 3.63) is 48.0 Å². The van der Waals surface area contributed by atoms with Crippen LogP contribution >= 0.6 is 0 Å². The van der Waals surface area contributed by atoms with Gasteiger partial charge in [-0.2, -0.15) is 0 Å². The van der Waals surface area contributed by atoms with Gasteiger partial charge in [-0.3, -0.25) is 4.79 Å². The van der Waals surface area contributed by atoms with Crippen LogP contribution in [0.2, 0.25) is 0 Å². The first-order valence-corrected chi connectivity index (χ1v) is 4.77. The van der Waals surface area contributed by atoms with Crippen molar-refractivity contribution in [1.82, 2.24) is 0 Å². The lowest BCUT2D eigenvalue weighted by Gasteiger charge is -2.23. The molecule has 1 nitrogen and oxygen atoms in total. The highest BCUT2D eigenvalue weighted by Crippen LogP contribution is 2.27. The van der Waals surface area contributed by atoms with E-state index in [9.17, 15) is 4.79 Å². The fraction of sp³-hybridized carbons (Fsp3) is 0.308. The van der Waals surface area contributed by atoms with Gasteiger partial charge in [0.25, 0.3) is 0 Å². The molecule has 0 saturated carbocycles. The number of hydrogen-bond donors (Lipinski definition) is 0. The first kappa shape index (κ1) is 10.7. The Morgan fingerprint density at radius 2 is 1.86 bits per heavy atom. The molecule has 0 bridgehead atoms. The van der Waals surface area contributed by atoms with Gasteiger partial charge >= 0.3 is 0 Å². The Morgan fingerprint density at radius 3 is 2.29 bits per heavy atom. The maximum atomic E-state index is 10.5. The van der Waals surface area contributed by atoms with Gasteiger partial charge in [-0.25, -0.2) is 0 Å². The van der Waals surface area contributed by atoms with Gasteiger partial charge < -0.3 is 0 Å². The molecule has 0 aliphatic heterocycles. The molecule has 0 unspecified atom stereocenters. The van der Waals surface area contributed by atoms with Crippen LogP contribution in [0.5, 0.6) is 0 Å². The van der Waals surface area contributed by atoms with Gasteiger partial charge in [-0.1, -0.05) is 44.2 Å². The van der Waals surface area contributed by atoms with Crippen molar-refractivity contribution in [2.24, 2.45) is 0 Å². The average molecular weight is 188 g/mol. The van der Waals surface area contributed by atoms with Gasteiger partial charge in [0.05, 0.1) is 0 Å². The number of aldehydes is 1. The molecule has 0 spiro atoms. The van der Waals surface area contributed by atoms with Crippen LogP contribution in [0, 0.1) is 0 Å². The first-order valence-electron chi connectivity index (χ1n) is 4.77. The largest absolute Gasteiger partial charge is 0.298 e. The molecule has 0 saturated heterocycles. The molecule has 74 valence electrons. The number of carbonyl (C=O) groups is 1. The summed E-state index contributed by atoms with van der Waals surface area (Å²) >= 11 is 0. The Bertz CT molecular complexity index is 320. The second-order valence-corrected chi connectivity index (χ2v) is 4.12. The number of benzene rings is 1. The molecule has 1 heteroatoms. The zero-order valence-electron chi connectivity index (χ0n) is 8.79. The van der Waals surface area contributed by atoms with E-state index in [4.69, 9.17) is 0 Å². The second kappa shape index (κ2) is 4.23. The highest BCUT2D eigenvalue weighted by Gasteiger charge is 2.18. The molecule has 0 heterocycles. The van der Waals surface area contributed by atoms with E-state index in [1.165, 1.54) is 5.56 Å². The van der Waals surface area contributed by atoms with Crippen molar-refractivity contribution in [3.8, 4) is 0 Å². The lowest BCUT2D eigenvalue weighted by atomic mass is 9.81. The maximum Gasteiger partial charge on any atom is 0.150 e. The zero-order chi connectivity index (χ0) is 10.6. The Hall–Kier alpha value is -1.37. The van der Waals surface area contributed by atoms with Crippen LogP contribution in [0.4, 0.5) is 0 Å². The molecule has 0 amide bonds. The minimum atomic E-state index is 0.100. The second-order valence-electron chi connectivity index (χ2n) is 4.12. The summed E-state index contributed by atoms with van der Waals surface area (Å²) in [4.78, 5) is 10.5. The molecule has 0 radical (unpaired) electrons. The first-order chi connectivity index (χ1) is 6.60. The normalized spacial score (nSPS) is 11.0. The van der Waals surface area contributed by atoms with E-state index >= 15 is 0 Å². The Balaban J connectivity index is 2.95. The molecule has 1 aromatic carbocycles. The van der Waals surface area contributed by atoms with E-state index in [2.05, 4.69) is 20.4 Å². The molecule has 0 fully saturated rings. The summed E-state index contributed by atoms with van der Waals surface area (Å²) in [5.41, 5.74) is 2.06. The van der Waals surface area contributed by atoms with Crippen molar-refractivity contribution in [1.29, 1.82) is 0 Å². The van der Waals surface area contributed by atoms with Crippen LogP contribution < -0.4 is 0 Å². The van der Waals surface area contributed by atoms with Crippen molar-refractivity contribution in [2.45, 2.75) is 25.7 Å². The Labute approximate surface area is 85.5 Å². The molecular weight excluding hydrogens is 172 g/mol. The highest BCUT2D eigenvalue weighted by molar-refractivity contribution is 5.74. The smallest absolute Gasteiger partial charge is 0.150 e. The van der Waals surface area contributed by atoms with Crippen LogP contribution in [0.15, 0.2) is 36.9 Å². The van der Waals surface area contributed by atoms with Gasteiger partial charge in [-0.05, 0) is 17.4 Å². The zero-order valence-corrected chi connectivity index (χ0v) is 8.79. The van der Waals surface area contributed by atoms with Crippen LogP contribution in [0.25, 0.3) is 0 Å². The maximum absolute atomic E-state index is 10.5. The Morgan fingerprint density at radius 1 is 1.29 bits per heavy atom. The minimum Gasteiger partial charge on any atom is -0.298 e. The average Bonchev–Trinajstić information content (AvgIpc) is 2.18. The minimum absolute atomic E-state index is 0.100. The molecule has 0 aromatic heterocycles. The van der Waals surface area contributed by atoms with Crippen molar-refractivity contribution < 1.29 is 4.79 Å². The number of allylic oxidation sites excluding steroid dienone is 1. The SMILES string of the molecule is C=CCC(C)(C)c1ccc(C=O)cc1. The van der Waals surface area contributed by atoms with Gasteiger partial charge in [0, 0.05) is 5.56 Å². The predicted molar refractivity (Wildman–Crippen MR) is 59.7 cm³/mol. The fourth-order valence-corrected chi connectivity index (χ4v) is 1.49. The molecule has 1 rings (SSSR count). The summed E-state index contributed by atoms with van der Waals surface area (Å²) in [6, 6.07) is 7.72. The Kier molecular flexibility index (Phi) is 3.23. The van der Waals surface area contributed by atoms with Gasteiger partial charge in [0.15, 0.2) is 0 Å². The quantitative estimate of drug-likeness (QED) is 0.523. The van der Waals surface area contributed by atoms with Crippen molar-refractivity contribution in [3.63, 3.8) is 0 Å². The third kappa shape index (κ3) is 2.32. The summed E-state index contributed by atoms with van der Waals surface area (Å²) < 4.78 is 0. The summed E-state index contributed by atoms with van der Waals surface area (Å²) in [6.45, 7) is 8.09. The summed E-state index contributed by atoms with van der Waals surface area (Å²) in [6.07, 6.45) is 3.73. The van der Waals surface area contributed by atoms with E-state index in [-0.39, 0.29) is 5.41 Å². The van der Waals surface area contributed by atoms with E-state index in [0.717, 1.165) is 18.3 Å². The molecule has 0 aliphatic rings. The summed E-state index contributed by atoms with van der Waals surface area (Å²) in [5, 5.41) is 0. The van der Waals surface area contributed by atoms with Crippen LogP contribution in [-0.2, 0) is 5.41 Å². The molecule has 14 heavy (non-hydrogen) atoms. The third-order valence-electron chi connectivity index (χ3n) is 2.48. The van der Waals surface area contributed by atoms with Gasteiger partial charge in [0.2, 0.25) is 0 Å². The molecule has 1 aromatic rings. The van der Waals surface area contributed by atoms with E-state index < -0.39 is 0 Å². The van der Waals surface area contributed by atoms with Crippen molar-refractivity contribution in [2.75, 3.05) is 0 Å². The van der Waals surface area contributed by atoms with Gasteiger partial charge in [0.1, 0.15) is 6.29 Å². The number of rotatable bonds is 4. The van der Waals surface area contributed by atoms with Gasteiger partial charge in [-0.15, -0.1) is 6.58 Å². The van der Waals surface area contributed by atoms with Crippen molar-refractivity contribution >= 4 is 6.29 Å². The van der Waals surface area contributed by atoms with E-state index in [1.807, 2.05) is 30.3 Å². The fourth-order valence-electron chi connectivity index (χ4n) is 1.49. The predicted octanol–water partition coefficient (Wildman–Crippen LogP) is 3.35. The summed E-state index contributed by atoms with van der Waals surface area (Å²) in [5.74, 6) is 0. The van der Waals surface area contributed by atoms with E-state index in [0.29, 0.717) is 0 Å². The molecule has 0 aliphatic carbocycles. The molecular formula is C13H16O.